The molecule has 2 fully saturated rings. The molecule has 218 valence electrons. The summed E-state index contributed by atoms with van der Waals surface area (Å²) in [6, 6.07) is 2.98. The van der Waals surface area contributed by atoms with Gasteiger partial charge in [0.1, 0.15) is 30.2 Å². The van der Waals surface area contributed by atoms with Gasteiger partial charge < -0.3 is 29.1 Å². The molecule has 1 aliphatic heterocycles. The SMILES string of the molecule is COC(=O)c1cn(C2CC2)c2cc(N3CCN(CC(=O)OC(C)Cn4c([N+](=O)[O-])cnc4C)CC3)c(F)cc2c1=O. The molecule has 3 aromatic rings. The molecular weight excluding hydrogens is 539 g/mol. The molecule has 5 rings (SSSR count). The van der Waals surface area contributed by atoms with Crippen molar-refractivity contribution in [3.05, 3.63) is 62.1 Å². The topological polar surface area (TPSA) is 142 Å². The van der Waals surface area contributed by atoms with Crippen LogP contribution in [0.4, 0.5) is 15.9 Å². The summed E-state index contributed by atoms with van der Waals surface area (Å²) in [6.07, 6.45) is 3.87. The van der Waals surface area contributed by atoms with Crippen molar-refractivity contribution in [2.24, 2.45) is 0 Å². The number of imidazole rings is 1. The molecule has 1 saturated carbocycles. The summed E-state index contributed by atoms with van der Waals surface area (Å²) < 4.78 is 28.8. The number of aryl methyl sites for hydroxylation is 1. The zero-order valence-electron chi connectivity index (χ0n) is 23.0. The molecule has 14 heteroatoms. The fourth-order valence-corrected chi connectivity index (χ4v) is 5.22. The molecule has 1 atom stereocenters. The Morgan fingerprint density at radius 1 is 1.22 bits per heavy atom. The third-order valence-electron chi connectivity index (χ3n) is 7.51. The maximum absolute atomic E-state index is 15.3. The van der Waals surface area contributed by atoms with E-state index < -0.39 is 34.2 Å². The number of halogens is 1. The van der Waals surface area contributed by atoms with E-state index in [9.17, 15) is 24.5 Å². The Morgan fingerprint density at radius 2 is 1.93 bits per heavy atom. The average Bonchev–Trinajstić information content (AvgIpc) is 3.71. The number of fused-ring (bicyclic) bond motifs is 1. The van der Waals surface area contributed by atoms with Crippen LogP contribution in [0.2, 0.25) is 0 Å². The molecule has 1 unspecified atom stereocenters. The van der Waals surface area contributed by atoms with Gasteiger partial charge in [0.2, 0.25) is 5.43 Å². The minimum absolute atomic E-state index is 0.0287. The van der Waals surface area contributed by atoms with Crippen LogP contribution in [0.15, 0.2) is 29.3 Å². The van der Waals surface area contributed by atoms with Gasteiger partial charge >= 0.3 is 17.8 Å². The van der Waals surface area contributed by atoms with E-state index in [4.69, 9.17) is 9.47 Å². The monoisotopic (exact) mass is 570 g/mol. The predicted octanol–water partition coefficient (Wildman–Crippen LogP) is 2.43. The van der Waals surface area contributed by atoms with Gasteiger partial charge in [0, 0.05) is 50.7 Å². The van der Waals surface area contributed by atoms with Gasteiger partial charge in [-0.15, -0.1) is 0 Å². The fourth-order valence-electron chi connectivity index (χ4n) is 5.22. The van der Waals surface area contributed by atoms with E-state index in [1.165, 1.54) is 30.1 Å². The lowest BCUT2D eigenvalue weighted by atomic mass is 10.1. The lowest BCUT2D eigenvalue weighted by Gasteiger charge is -2.36. The Kier molecular flexibility index (Phi) is 7.76. The summed E-state index contributed by atoms with van der Waals surface area (Å²) >= 11 is 0. The molecule has 0 N–H and O–H groups in total. The summed E-state index contributed by atoms with van der Waals surface area (Å²) in [5, 5.41) is 11.3. The molecule has 0 radical (unpaired) electrons. The summed E-state index contributed by atoms with van der Waals surface area (Å²) in [7, 11) is 1.20. The van der Waals surface area contributed by atoms with Gasteiger partial charge in [-0.05, 0) is 36.8 Å². The highest BCUT2D eigenvalue weighted by molar-refractivity contribution is 5.94. The molecular formula is C27H31FN6O7. The molecule has 0 amide bonds. The molecule has 1 saturated heterocycles. The van der Waals surface area contributed by atoms with Gasteiger partial charge in [-0.2, -0.15) is 0 Å². The smallest absolute Gasteiger partial charge is 0.343 e. The number of aromatic nitrogens is 3. The number of benzene rings is 1. The van der Waals surface area contributed by atoms with Crippen LogP contribution in [-0.2, 0) is 20.8 Å². The van der Waals surface area contributed by atoms with Crippen LogP contribution in [0, 0.1) is 22.9 Å². The van der Waals surface area contributed by atoms with Crippen molar-refractivity contribution in [2.75, 3.05) is 44.7 Å². The molecule has 13 nitrogen and oxygen atoms in total. The number of carbonyl (C=O) groups is 2. The molecule has 1 aromatic carbocycles. The van der Waals surface area contributed by atoms with E-state index in [0.717, 1.165) is 12.8 Å². The van der Waals surface area contributed by atoms with Crippen molar-refractivity contribution in [1.82, 2.24) is 19.0 Å². The first-order valence-corrected chi connectivity index (χ1v) is 13.4. The van der Waals surface area contributed by atoms with Crippen molar-refractivity contribution in [3.8, 4) is 0 Å². The Bertz CT molecular complexity index is 1570. The Morgan fingerprint density at radius 3 is 2.56 bits per heavy atom. The average molecular weight is 571 g/mol. The van der Waals surface area contributed by atoms with Crippen LogP contribution < -0.4 is 10.3 Å². The quantitative estimate of drug-likeness (QED) is 0.214. The summed E-state index contributed by atoms with van der Waals surface area (Å²) in [6.45, 7) is 5.28. The number of methoxy groups -OCH3 is 1. The van der Waals surface area contributed by atoms with Crippen molar-refractivity contribution >= 4 is 34.3 Å². The van der Waals surface area contributed by atoms with E-state index in [1.54, 1.807) is 19.9 Å². The Labute approximate surface area is 234 Å². The first kappa shape index (κ1) is 28.2. The number of ether oxygens (including phenoxy) is 2. The number of hydrogen-bond acceptors (Lipinski definition) is 10. The van der Waals surface area contributed by atoms with Gasteiger partial charge in [-0.25, -0.2) is 18.7 Å². The van der Waals surface area contributed by atoms with Crippen LogP contribution in [0.25, 0.3) is 10.9 Å². The minimum atomic E-state index is -0.752. The number of carbonyl (C=O) groups excluding carboxylic acids is 2. The second kappa shape index (κ2) is 11.3. The minimum Gasteiger partial charge on any atom is -0.465 e. The molecule has 41 heavy (non-hydrogen) atoms. The van der Waals surface area contributed by atoms with Crippen LogP contribution in [0.3, 0.4) is 0 Å². The van der Waals surface area contributed by atoms with Gasteiger partial charge in [0.25, 0.3) is 0 Å². The number of nitrogens with zero attached hydrogens (tertiary/aromatic N) is 6. The van der Waals surface area contributed by atoms with Gasteiger partial charge in [0.15, 0.2) is 5.82 Å². The summed E-state index contributed by atoms with van der Waals surface area (Å²) in [4.78, 5) is 56.1. The van der Waals surface area contributed by atoms with Crippen LogP contribution >= 0.6 is 0 Å². The highest BCUT2D eigenvalue weighted by atomic mass is 19.1. The van der Waals surface area contributed by atoms with E-state index in [0.29, 0.717) is 43.2 Å². The maximum atomic E-state index is 15.3. The lowest BCUT2D eigenvalue weighted by molar-refractivity contribution is -0.392. The second-order valence-electron chi connectivity index (χ2n) is 10.4. The molecule has 0 bridgehead atoms. The standard InChI is InChI=1S/C27H31FN6O7/c1-16(13-32-17(2)29-12-24(32)34(38)39)41-25(35)15-30-6-8-31(9-7-30)23-11-22-19(10-21(23)28)26(36)20(27(37)40-3)14-33(22)18-4-5-18/h10-12,14,16,18H,4-9,13,15H2,1-3H3. The van der Waals surface area contributed by atoms with Crippen molar-refractivity contribution in [3.63, 3.8) is 0 Å². The van der Waals surface area contributed by atoms with Crippen LogP contribution in [0.1, 0.15) is 42.0 Å². The van der Waals surface area contributed by atoms with E-state index in [1.807, 2.05) is 14.4 Å². The van der Waals surface area contributed by atoms with Crippen molar-refractivity contribution in [2.45, 2.75) is 45.4 Å². The molecule has 2 aliphatic rings. The van der Waals surface area contributed by atoms with Gasteiger partial charge in [-0.3, -0.25) is 14.5 Å². The number of nitro groups is 1. The zero-order valence-corrected chi connectivity index (χ0v) is 23.0. The van der Waals surface area contributed by atoms with Crippen LogP contribution in [-0.4, -0.2) is 81.8 Å². The number of anilines is 1. The van der Waals surface area contributed by atoms with Gasteiger partial charge in [0.05, 0.1) is 24.9 Å². The largest absolute Gasteiger partial charge is 0.465 e. The molecule has 3 heterocycles. The third-order valence-corrected chi connectivity index (χ3v) is 7.51. The molecule has 0 spiro atoms. The predicted molar refractivity (Wildman–Crippen MR) is 146 cm³/mol. The summed E-state index contributed by atoms with van der Waals surface area (Å²) in [5.74, 6) is -1.49. The number of rotatable bonds is 9. The third kappa shape index (κ3) is 5.78. The van der Waals surface area contributed by atoms with E-state index in [2.05, 4.69) is 4.98 Å². The second-order valence-corrected chi connectivity index (χ2v) is 10.4. The highest BCUT2D eigenvalue weighted by Crippen LogP contribution is 2.38. The Balaban J connectivity index is 1.23. The number of pyridine rings is 1. The highest BCUT2D eigenvalue weighted by Gasteiger charge is 2.29. The van der Waals surface area contributed by atoms with E-state index in [-0.39, 0.29) is 35.9 Å². The maximum Gasteiger partial charge on any atom is 0.343 e. The zero-order chi connectivity index (χ0) is 29.4. The summed E-state index contributed by atoms with van der Waals surface area (Å²) in [5.41, 5.74) is 0.233. The first-order valence-electron chi connectivity index (χ1n) is 13.4. The number of hydrogen-bond donors (Lipinski definition) is 0. The van der Waals surface area contributed by atoms with Crippen LogP contribution in [0.5, 0.6) is 0 Å². The van der Waals surface area contributed by atoms with Gasteiger partial charge in [-0.1, -0.05) is 0 Å². The fraction of sp³-hybridized carbons (Fsp3) is 0.481. The number of esters is 2. The number of piperazine rings is 1. The van der Waals surface area contributed by atoms with Crippen molar-refractivity contribution < 1.29 is 28.4 Å². The normalized spacial score (nSPS) is 16.5. The molecule has 1 aliphatic carbocycles. The van der Waals surface area contributed by atoms with Crippen molar-refractivity contribution in [1.29, 1.82) is 0 Å². The van der Waals surface area contributed by atoms with E-state index >= 15 is 4.39 Å². The first-order chi connectivity index (χ1) is 19.6. The molecule has 2 aromatic heterocycles. The lowest BCUT2D eigenvalue weighted by Crippen LogP contribution is -2.48. The Hall–Kier alpha value is -4.33.